The van der Waals surface area contributed by atoms with Gasteiger partial charge in [-0.3, -0.25) is 9.59 Å². The minimum Gasteiger partial charge on any atom is -0.493 e. The van der Waals surface area contributed by atoms with Crippen molar-refractivity contribution in [1.29, 1.82) is 0 Å². The van der Waals surface area contributed by atoms with Crippen molar-refractivity contribution in [2.24, 2.45) is 56.7 Å². The molecule has 55 heavy (non-hydrogen) atoms. The van der Waals surface area contributed by atoms with Gasteiger partial charge in [0.2, 0.25) is 11.7 Å². The summed E-state index contributed by atoms with van der Waals surface area (Å²) in [6.45, 7) is 10.4. The predicted octanol–water partition coefficient (Wildman–Crippen LogP) is 8.21. The number of rotatable bonds is 10. The molecule has 1 aromatic heterocycles. The van der Waals surface area contributed by atoms with Crippen molar-refractivity contribution in [2.75, 3.05) is 27.3 Å². The lowest BCUT2D eigenvalue weighted by molar-refractivity contribution is -0.180. The van der Waals surface area contributed by atoms with Crippen molar-refractivity contribution in [3.8, 4) is 11.5 Å². The number of ether oxygens (including phenoxy) is 2. The van der Waals surface area contributed by atoms with Crippen molar-refractivity contribution >= 4 is 11.7 Å². The number of allylic oxidation sites excluding steroid dienone is 4. The fourth-order valence-corrected chi connectivity index (χ4v) is 14.4. The van der Waals surface area contributed by atoms with Gasteiger partial charge in [-0.2, -0.15) is 0 Å². The second-order valence-corrected chi connectivity index (χ2v) is 20.0. The number of aliphatic hydroxyl groups is 2. The van der Waals surface area contributed by atoms with E-state index in [2.05, 4.69) is 45.9 Å². The minimum absolute atomic E-state index is 0.00376. The molecular formula is C47H61NO7. The molecule has 8 heteroatoms. The molecule has 8 nitrogen and oxygen atoms in total. The number of Topliss-reactive ketones (excluding diaryl/α,β-unsaturated/α-hetero) is 1. The molecular weight excluding hydrogens is 691 g/mol. The van der Waals surface area contributed by atoms with Crippen LogP contribution in [-0.2, 0) is 11.2 Å². The van der Waals surface area contributed by atoms with Crippen LogP contribution in [0.4, 0.5) is 0 Å². The number of fused-ring (bicyclic) bond motifs is 3. The van der Waals surface area contributed by atoms with Gasteiger partial charge < -0.3 is 29.0 Å². The van der Waals surface area contributed by atoms with Crippen molar-refractivity contribution < 1.29 is 33.7 Å². The number of carbonyl (C=O) groups excluding carboxylic acids is 2. The van der Waals surface area contributed by atoms with Gasteiger partial charge in [-0.15, -0.1) is 0 Å². The zero-order valence-corrected chi connectivity index (χ0v) is 33.7. The number of amides is 1. The summed E-state index contributed by atoms with van der Waals surface area (Å²) < 4.78 is 16.9. The Labute approximate surface area is 326 Å². The summed E-state index contributed by atoms with van der Waals surface area (Å²) in [5, 5.41) is 24.4. The van der Waals surface area contributed by atoms with Gasteiger partial charge in [-0.1, -0.05) is 52.0 Å². The van der Waals surface area contributed by atoms with Crippen LogP contribution in [0, 0.1) is 56.7 Å². The predicted molar refractivity (Wildman–Crippen MR) is 210 cm³/mol. The third-order valence-corrected chi connectivity index (χ3v) is 17.8. The zero-order chi connectivity index (χ0) is 38.8. The SMILES string of the molecule is COc1ccc(CC(=O)N(CC2CCC3CC2C3(C)C)CC2(O)CCC3C45C=CC6(C=C4C(=O)c4ccco4)CC(O)CCC6(C)C5CCC32C)cc1OC. The number of nitrogens with zero attached hydrogens (tertiary/aromatic N) is 1. The van der Waals surface area contributed by atoms with Crippen LogP contribution >= 0.6 is 0 Å². The van der Waals surface area contributed by atoms with E-state index >= 15 is 0 Å². The number of methoxy groups -OCH3 is 2. The number of hydrogen-bond acceptors (Lipinski definition) is 7. The molecule has 9 aliphatic rings. The molecule has 9 aliphatic carbocycles. The van der Waals surface area contributed by atoms with E-state index in [1.165, 1.54) is 12.8 Å². The Morgan fingerprint density at radius 3 is 2.36 bits per heavy atom. The maximum Gasteiger partial charge on any atom is 0.227 e. The highest BCUT2D eigenvalue weighted by molar-refractivity contribution is 6.08. The van der Waals surface area contributed by atoms with Crippen LogP contribution in [0.15, 0.2) is 64.8 Å². The van der Waals surface area contributed by atoms with E-state index < -0.39 is 27.9 Å². The average molecular weight is 752 g/mol. The summed E-state index contributed by atoms with van der Waals surface area (Å²) in [6.07, 6.45) is 17.1. The maximum absolute atomic E-state index is 14.7. The maximum atomic E-state index is 14.7. The first-order valence-corrected chi connectivity index (χ1v) is 21.1. The van der Waals surface area contributed by atoms with E-state index in [-0.39, 0.29) is 47.3 Å². The van der Waals surface area contributed by atoms with Crippen molar-refractivity contribution in [1.82, 2.24) is 4.90 Å². The normalized spacial score (nSPS) is 41.6. The lowest BCUT2D eigenvalue weighted by Gasteiger charge is -2.71. The van der Waals surface area contributed by atoms with Gasteiger partial charge in [0.15, 0.2) is 17.3 Å². The molecule has 2 aromatic rings. The molecule has 11 unspecified atom stereocenters. The van der Waals surface area contributed by atoms with Crippen LogP contribution in [0.2, 0.25) is 0 Å². The fourth-order valence-electron chi connectivity index (χ4n) is 14.4. The molecule has 1 amide bonds. The number of ketones is 1. The molecule has 11 atom stereocenters. The largest absolute Gasteiger partial charge is 0.493 e. The topological polar surface area (TPSA) is 109 Å². The molecule has 11 rings (SSSR count). The fraction of sp³-hybridized carbons (Fsp3) is 0.660. The number of aliphatic hydroxyl groups excluding tert-OH is 1. The Kier molecular flexibility index (Phi) is 8.51. The quantitative estimate of drug-likeness (QED) is 0.186. The van der Waals surface area contributed by atoms with Gasteiger partial charge >= 0.3 is 0 Å². The smallest absolute Gasteiger partial charge is 0.227 e. The first-order valence-electron chi connectivity index (χ1n) is 21.1. The van der Waals surface area contributed by atoms with Crippen LogP contribution in [0.25, 0.3) is 0 Å². The summed E-state index contributed by atoms with van der Waals surface area (Å²) in [4.78, 5) is 31.4. The third-order valence-electron chi connectivity index (χ3n) is 17.8. The molecule has 2 spiro atoms. The Morgan fingerprint density at radius 2 is 1.65 bits per heavy atom. The summed E-state index contributed by atoms with van der Waals surface area (Å²) in [6, 6.07) is 9.23. The van der Waals surface area contributed by atoms with E-state index in [0.717, 1.165) is 55.6 Å². The zero-order valence-electron chi connectivity index (χ0n) is 33.7. The Morgan fingerprint density at radius 1 is 0.909 bits per heavy atom. The molecule has 1 aromatic carbocycles. The second kappa shape index (κ2) is 12.6. The third kappa shape index (κ3) is 5.08. The molecule has 0 aliphatic heterocycles. The Balaban J connectivity index is 1.08. The standard InChI is InChI=1S/C47H61NO7/c1-42(2)31-11-10-30(33(42)24-31)27-48(40(50)23-29-9-12-35(53-5)37(22-29)54-6)28-46(52)18-15-39-44(46,4)17-14-38-43(3)16-13-32(49)25-45(43)19-20-47(38,39)34(26-45)41(51)36-8-7-21-55-36/h7-9,12,19-22,26,30-33,38-39,49,52H,10-11,13-18,23-25,27-28H2,1-6H3. The van der Waals surface area contributed by atoms with Gasteiger partial charge in [0.1, 0.15) is 0 Å². The number of hydrogen-bond donors (Lipinski definition) is 2. The average Bonchev–Trinajstić information content (AvgIpc) is 3.80. The summed E-state index contributed by atoms with van der Waals surface area (Å²) in [7, 11) is 3.23. The van der Waals surface area contributed by atoms with Gasteiger partial charge in [0.25, 0.3) is 0 Å². The monoisotopic (exact) mass is 751 g/mol. The van der Waals surface area contributed by atoms with Crippen LogP contribution < -0.4 is 9.47 Å². The lowest BCUT2D eigenvalue weighted by Crippen LogP contribution is -2.67. The molecule has 2 N–H and O–H groups in total. The van der Waals surface area contributed by atoms with E-state index in [4.69, 9.17) is 13.9 Å². The molecule has 6 saturated carbocycles. The minimum atomic E-state index is -1.14. The molecule has 1 heterocycles. The van der Waals surface area contributed by atoms with Crippen LogP contribution in [0.5, 0.6) is 11.5 Å². The molecule has 4 bridgehead atoms. The summed E-state index contributed by atoms with van der Waals surface area (Å²) in [5.74, 6) is 3.43. The van der Waals surface area contributed by atoms with E-state index in [1.54, 1.807) is 32.6 Å². The number of benzene rings is 1. The molecule has 0 radical (unpaired) electrons. The van der Waals surface area contributed by atoms with Crippen LogP contribution in [0.1, 0.15) is 108 Å². The number of furan rings is 1. The van der Waals surface area contributed by atoms with E-state index in [9.17, 15) is 19.8 Å². The highest BCUT2D eigenvalue weighted by atomic mass is 16.5. The van der Waals surface area contributed by atoms with Crippen molar-refractivity contribution in [2.45, 2.75) is 110 Å². The Bertz CT molecular complexity index is 1930. The second-order valence-electron chi connectivity index (χ2n) is 20.0. The van der Waals surface area contributed by atoms with Crippen LogP contribution in [-0.4, -0.2) is 65.8 Å². The summed E-state index contributed by atoms with van der Waals surface area (Å²) in [5.41, 5.74) is -0.872. The van der Waals surface area contributed by atoms with Gasteiger partial charge in [0.05, 0.1) is 38.6 Å². The van der Waals surface area contributed by atoms with E-state index in [1.807, 2.05) is 23.1 Å². The Hall–Kier alpha value is -3.36. The first kappa shape index (κ1) is 37.2. The molecule has 6 fully saturated rings. The number of carbonyl (C=O) groups is 2. The molecule has 296 valence electrons. The lowest BCUT2D eigenvalue weighted by atomic mass is 9.32. The van der Waals surface area contributed by atoms with Gasteiger partial charge in [-0.25, -0.2) is 0 Å². The highest BCUT2D eigenvalue weighted by Crippen LogP contribution is 2.78. The van der Waals surface area contributed by atoms with E-state index in [0.29, 0.717) is 48.5 Å². The van der Waals surface area contributed by atoms with Crippen molar-refractivity contribution in [3.63, 3.8) is 0 Å². The highest BCUT2D eigenvalue weighted by Gasteiger charge is 2.74. The first-order chi connectivity index (χ1) is 26.1. The van der Waals surface area contributed by atoms with Gasteiger partial charge in [0, 0.05) is 34.9 Å². The molecule has 0 saturated heterocycles. The van der Waals surface area contributed by atoms with Crippen molar-refractivity contribution in [3.05, 3.63) is 71.7 Å². The van der Waals surface area contributed by atoms with Gasteiger partial charge in [-0.05, 0) is 134 Å². The van der Waals surface area contributed by atoms with Crippen LogP contribution in [0.3, 0.4) is 0 Å². The summed E-state index contributed by atoms with van der Waals surface area (Å²) >= 11 is 0.